The molecule has 0 aromatic carbocycles. The SMILES string of the molecule is CC(C)S(=O)(=O)NCc1noc(C2CCCO2)n1. The van der Waals surface area contributed by atoms with Gasteiger partial charge in [0.2, 0.25) is 10.0 Å². The zero-order valence-corrected chi connectivity index (χ0v) is 11.2. The van der Waals surface area contributed by atoms with Gasteiger partial charge >= 0.3 is 0 Å². The summed E-state index contributed by atoms with van der Waals surface area (Å²) in [5.41, 5.74) is 0. The molecule has 1 N–H and O–H groups in total. The van der Waals surface area contributed by atoms with Crippen molar-refractivity contribution in [3.05, 3.63) is 11.7 Å². The Morgan fingerprint density at radius 3 is 2.89 bits per heavy atom. The van der Waals surface area contributed by atoms with Crippen LogP contribution in [0.15, 0.2) is 4.52 Å². The van der Waals surface area contributed by atoms with Crippen molar-refractivity contribution in [2.24, 2.45) is 0 Å². The number of hydrogen-bond donors (Lipinski definition) is 1. The summed E-state index contributed by atoms with van der Waals surface area (Å²) in [5, 5.41) is 3.25. The fourth-order valence-corrected chi connectivity index (χ4v) is 2.24. The van der Waals surface area contributed by atoms with E-state index in [2.05, 4.69) is 14.9 Å². The van der Waals surface area contributed by atoms with Crippen LogP contribution in [-0.4, -0.2) is 30.4 Å². The molecule has 8 heteroatoms. The van der Waals surface area contributed by atoms with Gasteiger partial charge in [0.15, 0.2) is 5.82 Å². The zero-order chi connectivity index (χ0) is 13.2. The minimum absolute atomic E-state index is 0.0384. The van der Waals surface area contributed by atoms with E-state index in [9.17, 15) is 8.42 Å². The Labute approximate surface area is 106 Å². The van der Waals surface area contributed by atoms with Crippen LogP contribution in [0.2, 0.25) is 0 Å². The van der Waals surface area contributed by atoms with E-state index in [4.69, 9.17) is 9.26 Å². The highest BCUT2D eigenvalue weighted by atomic mass is 32.2. The average molecular weight is 275 g/mol. The third-order valence-electron chi connectivity index (χ3n) is 2.74. The van der Waals surface area contributed by atoms with Crippen molar-refractivity contribution in [2.45, 2.75) is 44.6 Å². The maximum atomic E-state index is 11.5. The summed E-state index contributed by atoms with van der Waals surface area (Å²) in [6.45, 7) is 3.95. The molecule has 102 valence electrons. The van der Waals surface area contributed by atoms with Crippen molar-refractivity contribution >= 4 is 10.0 Å². The summed E-state index contributed by atoms with van der Waals surface area (Å²) < 4.78 is 36.0. The fraction of sp³-hybridized carbons (Fsp3) is 0.800. The second-order valence-electron chi connectivity index (χ2n) is 4.47. The van der Waals surface area contributed by atoms with Gasteiger partial charge in [0.1, 0.15) is 6.10 Å². The Hall–Kier alpha value is -0.990. The molecule has 0 bridgehead atoms. The van der Waals surface area contributed by atoms with Crippen LogP contribution in [0.5, 0.6) is 0 Å². The first-order chi connectivity index (χ1) is 8.49. The number of ether oxygens (including phenoxy) is 1. The number of aromatic nitrogens is 2. The average Bonchev–Trinajstić information content (AvgIpc) is 2.97. The molecule has 1 fully saturated rings. The molecule has 2 rings (SSSR count). The van der Waals surface area contributed by atoms with Gasteiger partial charge in [-0.1, -0.05) is 5.16 Å². The van der Waals surface area contributed by atoms with E-state index in [1.807, 2.05) is 0 Å². The molecule has 0 aliphatic carbocycles. The number of sulfonamides is 1. The maximum Gasteiger partial charge on any atom is 0.255 e. The molecule has 1 aliphatic heterocycles. The van der Waals surface area contributed by atoms with Crippen molar-refractivity contribution in [1.82, 2.24) is 14.9 Å². The molecular formula is C10H17N3O4S. The summed E-state index contributed by atoms with van der Waals surface area (Å²) in [5.74, 6) is 0.746. The molecule has 0 amide bonds. The lowest BCUT2D eigenvalue weighted by molar-refractivity contribution is 0.0835. The Morgan fingerprint density at radius 2 is 2.28 bits per heavy atom. The van der Waals surface area contributed by atoms with E-state index in [0.717, 1.165) is 12.8 Å². The topological polar surface area (TPSA) is 94.3 Å². The number of nitrogens with one attached hydrogen (secondary N) is 1. The van der Waals surface area contributed by atoms with Gasteiger partial charge in [-0.25, -0.2) is 13.1 Å². The van der Waals surface area contributed by atoms with Gasteiger partial charge in [-0.2, -0.15) is 4.98 Å². The highest BCUT2D eigenvalue weighted by Crippen LogP contribution is 2.26. The lowest BCUT2D eigenvalue weighted by Crippen LogP contribution is -2.30. The van der Waals surface area contributed by atoms with E-state index in [-0.39, 0.29) is 12.6 Å². The monoisotopic (exact) mass is 275 g/mol. The highest BCUT2D eigenvalue weighted by molar-refractivity contribution is 7.90. The lowest BCUT2D eigenvalue weighted by atomic mass is 10.2. The van der Waals surface area contributed by atoms with Crippen LogP contribution < -0.4 is 4.72 Å². The zero-order valence-electron chi connectivity index (χ0n) is 10.4. The van der Waals surface area contributed by atoms with Crippen molar-refractivity contribution in [2.75, 3.05) is 6.61 Å². The van der Waals surface area contributed by atoms with E-state index in [0.29, 0.717) is 18.3 Å². The molecule has 0 radical (unpaired) electrons. The first-order valence-corrected chi connectivity index (χ1v) is 7.46. The van der Waals surface area contributed by atoms with Crippen molar-refractivity contribution in [3.8, 4) is 0 Å². The molecule has 1 aliphatic rings. The third-order valence-corrected chi connectivity index (χ3v) is 4.53. The van der Waals surface area contributed by atoms with Gasteiger partial charge in [0, 0.05) is 6.61 Å². The van der Waals surface area contributed by atoms with E-state index >= 15 is 0 Å². The van der Waals surface area contributed by atoms with Gasteiger partial charge < -0.3 is 9.26 Å². The fourth-order valence-electron chi connectivity index (χ4n) is 1.57. The van der Waals surface area contributed by atoms with Gasteiger partial charge in [0.05, 0.1) is 11.8 Å². The van der Waals surface area contributed by atoms with Crippen LogP contribution in [0, 0.1) is 0 Å². The van der Waals surface area contributed by atoms with Crippen molar-refractivity contribution in [1.29, 1.82) is 0 Å². The van der Waals surface area contributed by atoms with Crippen LogP contribution in [0.1, 0.15) is 44.5 Å². The predicted octanol–water partition coefficient (Wildman–Crippen LogP) is 0.749. The Morgan fingerprint density at radius 1 is 1.50 bits per heavy atom. The van der Waals surface area contributed by atoms with Crippen LogP contribution >= 0.6 is 0 Å². The van der Waals surface area contributed by atoms with Crippen molar-refractivity contribution < 1.29 is 17.7 Å². The molecule has 1 aromatic rings. The summed E-state index contributed by atoms with van der Waals surface area (Å²) in [6.07, 6.45) is 1.69. The maximum absolute atomic E-state index is 11.5. The molecule has 18 heavy (non-hydrogen) atoms. The largest absolute Gasteiger partial charge is 0.368 e. The second kappa shape index (κ2) is 5.33. The molecule has 1 atom stereocenters. The quantitative estimate of drug-likeness (QED) is 0.852. The Balaban J connectivity index is 1.95. The Bertz CT molecular complexity index is 491. The smallest absolute Gasteiger partial charge is 0.255 e. The summed E-state index contributed by atoms with van der Waals surface area (Å²) >= 11 is 0. The molecule has 1 saturated heterocycles. The van der Waals surface area contributed by atoms with Crippen LogP contribution in [0.3, 0.4) is 0 Å². The number of rotatable bonds is 5. The first-order valence-electron chi connectivity index (χ1n) is 5.91. The molecule has 1 unspecified atom stereocenters. The van der Waals surface area contributed by atoms with Crippen LogP contribution in [-0.2, 0) is 21.3 Å². The molecule has 0 spiro atoms. The molecule has 2 heterocycles. The van der Waals surface area contributed by atoms with Gasteiger partial charge in [0.25, 0.3) is 5.89 Å². The standard InChI is InChI=1S/C10H17N3O4S/c1-7(2)18(14,15)11-6-9-12-10(17-13-9)8-4-3-5-16-8/h7-8,11H,3-6H2,1-2H3. The van der Waals surface area contributed by atoms with Gasteiger partial charge in [-0.05, 0) is 26.7 Å². The van der Waals surface area contributed by atoms with Gasteiger partial charge in [-0.15, -0.1) is 0 Å². The molecule has 0 saturated carbocycles. The minimum Gasteiger partial charge on any atom is -0.368 e. The number of hydrogen-bond acceptors (Lipinski definition) is 6. The van der Waals surface area contributed by atoms with E-state index < -0.39 is 15.3 Å². The van der Waals surface area contributed by atoms with Crippen LogP contribution in [0.4, 0.5) is 0 Å². The third kappa shape index (κ3) is 3.06. The predicted molar refractivity (Wildman–Crippen MR) is 63.1 cm³/mol. The molecular weight excluding hydrogens is 258 g/mol. The Kier molecular flexibility index (Phi) is 3.98. The normalized spacial score (nSPS) is 20.7. The summed E-state index contributed by atoms with van der Waals surface area (Å²) in [7, 11) is -3.31. The van der Waals surface area contributed by atoms with Crippen LogP contribution in [0.25, 0.3) is 0 Å². The molecule has 1 aromatic heterocycles. The van der Waals surface area contributed by atoms with Crippen molar-refractivity contribution in [3.63, 3.8) is 0 Å². The minimum atomic E-state index is -3.31. The summed E-state index contributed by atoms with van der Waals surface area (Å²) in [4.78, 5) is 4.12. The van der Waals surface area contributed by atoms with Gasteiger partial charge in [-0.3, -0.25) is 0 Å². The lowest BCUT2D eigenvalue weighted by Gasteiger charge is -2.06. The molecule has 7 nitrogen and oxygen atoms in total. The summed E-state index contributed by atoms with van der Waals surface area (Å²) in [6, 6.07) is 0. The van der Waals surface area contributed by atoms with E-state index in [1.165, 1.54) is 0 Å². The highest BCUT2D eigenvalue weighted by Gasteiger charge is 2.24. The second-order valence-corrected chi connectivity index (χ2v) is 6.79. The number of nitrogens with zero attached hydrogens (tertiary/aromatic N) is 2. The van der Waals surface area contributed by atoms with E-state index in [1.54, 1.807) is 13.8 Å². The first kappa shape index (κ1) is 13.4.